The van der Waals surface area contributed by atoms with Gasteiger partial charge in [-0.2, -0.15) is 0 Å². The summed E-state index contributed by atoms with van der Waals surface area (Å²) in [7, 11) is 0. The van der Waals surface area contributed by atoms with Gasteiger partial charge < -0.3 is 20.6 Å². The molecule has 0 spiro atoms. The zero-order chi connectivity index (χ0) is 25.4. The number of anilines is 1. The SMILES string of the molecule is CC(C)(C)[C@H]1CC[C@H](N(Cc2ccc(C(=O)NCCC(=O)O)cc2)C(=O)Nc2ccccc2)CC1. The molecule has 0 unspecified atom stereocenters. The molecule has 0 heterocycles. The van der Waals surface area contributed by atoms with Crippen LogP contribution in [0.3, 0.4) is 0 Å². The van der Waals surface area contributed by atoms with E-state index in [0.29, 0.717) is 18.0 Å². The Labute approximate surface area is 207 Å². The highest BCUT2D eigenvalue weighted by molar-refractivity contribution is 5.94. The minimum atomic E-state index is -0.953. The molecule has 0 aliphatic heterocycles. The van der Waals surface area contributed by atoms with E-state index in [4.69, 9.17) is 5.11 Å². The predicted molar refractivity (Wildman–Crippen MR) is 137 cm³/mol. The number of para-hydroxylation sites is 1. The number of urea groups is 1. The van der Waals surface area contributed by atoms with Crippen LogP contribution in [0.25, 0.3) is 0 Å². The van der Waals surface area contributed by atoms with Gasteiger partial charge in [0.2, 0.25) is 0 Å². The number of carbonyl (C=O) groups is 3. The molecule has 2 aromatic rings. The van der Waals surface area contributed by atoms with Crippen molar-refractivity contribution in [3.63, 3.8) is 0 Å². The van der Waals surface area contributed by atoms with Gasteiger partial charge in [-0.3, -0.25) is 9.59 Å². The maximum Gasteiger partial charge on any atom is 0.322 e. The summed E-state index contributed by atoms with van der Waals surface area (Å²) in [6, 6.07) is 16.6. The molecule has 1 saturated carbocycles. The number of hydrogen-bond acceptors (Lipinski definition) is 3. The van der Waals surface area contributed by atoms with E-state index in [1.165, 1.54) is 0 Å². The third-order valence-corrected chi connectivity index (χ3v) is 6.84. The van der Waals surface area contributed by atoms with Crippen molar-refractivity contribution in [3.05, 3.63) is 65.7 Å². The van der Waals surface area contributed by atoms with Crippen molar-refractivity contribution < 1.29 is 19.5 Å². The van der Waals surface area contributed by atoms with Crippen LogP contribution in [0.4, 0.5) is 10.5 Å². The maximum absolute atomic E-state index is 13.3. The van der Waals surface area contributed by atoms with Crippen molar-refractivity contribution in [2.24, 2.45) is 11.3 Å². The Hall–Kier alpha value is -3.35. The van der Waals surface area contributed by atoms with Crippen molar-refractivity contribution in [1.29, 1.82) is 0 Å². The van der Waals surface area contributed by atoms with Gasteiger partial charge in [-0.05, 0) is 66.8 Å². The fraction of sp³-hybridized carbons (Fsp3) is 0.464. The lowest BCUT2D eigenvalue weighted by Crippen LogP contribution is -2.45. The highest BCUT2D eigenvalue weighted by Gasteiger charge is 2.33. The fourth-order valence-electron chi connectivity index (χ4n) is 4.68. The Balaban J connectivity index is 1.70. The first-order valence-electron chi connectivity index (χ1n) is 12.3. The van der Waals surface area contributed by atoms with Gasteiger partial charge in [0.05, 0.1) is 6.42 Å². The number of amides is 3. The van der Waals surface area contributed by atoms with Gasteiger partial charge in [-0.25, -0.2) is 4.79 Å². The third kappa shape index (κ3) is 7.84. The molecule has 0 aromatic heterocycles. The van der Waals surface area contributed by atoms with Gasteiger partial charge in [0, 0.05) is 30.4 Å². The normalized spacial score (nSPS) is 17.9. The molecule has 2 aromatic carbocycles. The summed E-state index contributed by atoms with van der Waals surface area (Å²) in [6.45, 7) is 7.40. The molecular weight excluding hydrogens is 442 g/mol. The average Bonchev–Trinajstić information content (AvgIpc) is 2.82. The number of rotatable bonds is 8. The molecule has 7 nitrogen and oxygen atoms in total. The lowest BCUT2D eigenvalue weighted by Gasteiger charge is -2.41. The molecule has 188 valence electrons. The molecule has 7 heteroatoms. The monoisotopic (exact) mass is 479 g/mol. The van der Waals surface area contributed by atoms with E-state index in [-0.39, 0.29) is 36.4 Å². The van der Waals surface area contributed by atoms with Gasteiger partial charge in [0.25, 0.3) is 5.91 Å². The number of carboxylic acids is 1. The number of nitrogens with zero attached hydrogens (tertiary/aromatic N) is 1. The molecule has 1 aliphatic carbocycles. The van der Waals surface area contributed by atoms with Crippen LogP contribution in [-0.2, 0) is 11.3 Å². The highest BCUT2D eigenvalue weighted by Crippen LogP contribution is 2.39. The third-order valence-electron chi connectivity index (χ3n) is 6.84. The van der Waals surface area contributed by atoms with Crippen LogP contribution in [0.1, 0.15) is 68.8 Å². The molecule has 3 rings (SSSR count). The number of carboxylic acid groups (broad SMARTS) is 1. The van der Waals surface area contributed by atoms with Crippen molar-refractivity contribution >= 4 is 23.6 Å². The molecule has 3 N–H and O–H groups in total. The first-order valence-corrected chi connectivity index (χ1v) is 12.3. The minimum absolute atomic E-state index is 0.0839. The van der Waals surface area contributed by atoms with Crippen LogP contribution in [0.5, 0.6) is 0 Å². The Morgan fingerprint density at radius 1 is 0.943 bits per heavy atom. The summed E-state index contributed by atoms with van der Waals surface area (Å²) in [5.41, 5.74) is 2.43. The van der Waals surface area contributed by atoms with E-state index >= 15 is 0 Å². The number of hydrogen-bond donors (Lipinski definition) is 3. The Morgan fingerprint density at radius 3 is 2.14 bits per heavy atom. The average molecular weight is 480 g/mol. The lowest BCUT2D eigenvalue weighted by atomic mass is 9.71. The Bertz CT molecular complexity index is 991. The second-order valence-corrected chi connectivity index (χ2v) is 10.4. The molecule has 35 heavy (non-hydrogen) atoms. The van der Waals surface area contributed by atoms with Crippen LogP contribution in [0.15, 0.2) is 54.6 Å². The zero-order valence-electron chi connectivity index (χ0n) is 20.9. The van der Waals surface area contributed by atoms with Gasteiger partial charge in [-0.15, -0.1) is 0 Å². The fourth-order valence-corrected chi connectivity index (χ4v) is 4.68. The molecule has 0 bridgehead atoms. The van der Waals surface area contributed by atoms with E-state index in [9.17, 15) is 14.4 Å². The number of aliphatic carboxylic acids is 1. The smallest absolute Gasteiger partial charge is 0.322 e. The van der Waals surface area contributed by atoms with Gasteiger partial charge in [0.15, 0.2) is 0 Å². The van der Waals surface area contributed by atoms with Crippen LogP contribution in [0.2, 0.25) is 0 Å². The zero-order valence-corrected chi connectivity index (χ0v) is 20.9. The summed E-state index contributed by atoms with van der Waals surface area (Å²) in [5.74, 6) is -0.611. The van der Waals surface area contributed by atoms with Crippen molar-refractivity contribution in [2.45, 2.75) is 65.5 Å². The van der Waals surface area contributed by atoms with Crippen molar-refractivity contribution in [1.82, 2.24) is 10.2 Å². The first kappa shape index (κ1) is 26.3. The van der Waals surface area contributed by atoms with Gasteiger partial charge >= 0.3 is 12.0 Å². The summed E-state index contributed by atoms with van der Waals surface area (Å²) >= 11 is 0. The molecule has 0 atom stereocenters. The summed E-state index contributed by atoms with van der Waals surface area (Å²) in [4.78, 5) is 38.2. The molecule has 0 saturated heterocycles. The maximum atomic E-state index is 13.3. The Morgan fingerprint density at radius 2 is 1.57 bits per heavy atom. The van der Waals surface area contributed by atoms with E-state index in [0.717, 1.165) is 36.9 Å². The lowest BCUT2D eigenvalue weighted by molar-refractivity contribution is -0.136. The van der Waals surface area contributed by atoms with Crippen LogP contribution >= 0.6 is 0 Å². The van der Waals surface area contributed by atoms with Crippen molar-refractivity contribution in [2.75, 3.05) is 11.9 Å². The summed E-state index contributed by atoms with van der Waals surface area (Å²) in [5, 5.41) is 14.4. The van der Waals surface area contributed by atoms with Crippen LogP contribution < -0.4 is 10.6 Å². The minimum Gasteiger partial charge on any atom is -0.481 e. The molecular formula is C28H37N3O4. The molecule has 1 aliphatic rings. The van der Waals surface area contributed by atoms with Gasteiger partial charge in [0.1, 0.15) is 0 Å². The molecule has 0 radical (unpaired) electrons. The van der Waals surface area contributed by atoms with Crippen molar-refractivity contribution in [3.8, 4) is 0 Å². The predicted octanol–water partition coefficient (Wildman–Crippen LogP) is 5.53. The summed E-state index contributed by atoms with van der Waals surface area (Å²) < 4.78 is 0. The largest absolute Gasteiger partial charge is 0.481 e. The Kier molecular flexibility index (Phi) is 8.90. The quantitative estimate of drug-likeness (QED) is 0.464. The van der Waals surface area contributed by atoms with E-state index in [1.807, 2.05) is 47.4 Å². The standard InChI is InChI=1S/C28H37N3O4/c1-28(2,3)22-13-15-24(16-14-22)31(27(35)30-23-7-5-4-6-8-23)19-20-9-11-21(12-10-20)26(34)29-18-17-25(32)33/h4-12,22,24H,13-19H2,1-3H3,(H,29,34)(H,30,35)(H,32,33)/t22-,24-. The topological polar surface area (TPSA) is 98.7 Å². The van der Waals surface area contributed by atoms with Crippen LogP contribution in [-0.4, -0.2) is 40.5 Å². The highest BCUT2D eigenvalue weighted by atomic mass is 16.4. The second kappa shape index (κ2) is 11.9. The molecule has 3 amide bonds. The van der Waals surface area contributed by atoms with Crippen LogP contribution in [0, 0.1) is 11.3 Å². The number of benzene rings is 2. The second-order valence-electron chi connectivity index (χ2n) is 10.4. The summed E-state index contributed by atoms with van der Waals surface area (Å²) in [6.07, 6.45) is 4.01. The van der Waals surface area contributed by atoms with E-state index < -0.39 is 5.97 Å². The number of nitrogens with one attached hydrogen (secondary N) is 2. The van der Waals surface area contributed by atoms with Gasteiger partial charge in [-0.1, -0.05) is 51.1 Å². The first-order chi connectivity index (χ1) is 16.6. The van der Waals surface area contributed by atoms with E-state index in [2.05, 4.69) is 31.4 Å². The number of carbonyl (C=O) groups excluding carboxylic acids is 2. The van der Waals surface area contributed by atoms with E-state index in [1.54, 1.807) is 12.1 Å². The molecule has 1 fully saturated rings.